The third-order valence-electron chi connectivity index (χ3n) is 2.68. The molecular weight excluding hydrogens is 325 g/mol. The van der Waals surface area contributed by atoms with Gasteiger partial charge in [0.05, 0.1) is 17.1 Å². The highest BCUT2D eigenvalue weighted by Gasteiger charge is 2.05. The lowest BCUT2D eigenvalue weighted by Crippen LogP contribution is -1.97. The molecule has 0 fully saturated rings. The first-order chi connectivity index (χ1) is 9.63. The van der Waals surface area contributed by atoms with Gasteiger partial charge >= 0.3 is 0 Å². The molecule has 0 aromatic heterocycles. The zero-order valence-corrected chi connectivity index (χ0v) is 12.3. The van der Waals surface area contributed by atoms with Gasteiger partial charge in [0.15, 0.2) is 0 Å². The van der Waals surface area contributed by atoms with Crippen LogP contribution in [0.5, 0.6) is 11.5 Å². The molecule has 3 nitrogen and oxygen atoms in total. The van der Waals surface area contributed by atoms with Crippen LogP contribution in [0.4, 0.5) is 4.39 Å². The van der Waals surface area contributed by atoms with Gasteiger partial charge in [-0.3, -0.25) is 0 Å². The molecular formula is C15H11BrFNO2. The molecule has 2 aromatic rings. The summed E-state index contributed by atoms with van der Waals surface area (Å²) < 4.78 is 24.9. The second kappa shape index (κ2) is 6.40. The highest BCUT2D eigenvalue weighted by atomic mass is 79.9. The van der Waals surface area contributed by atoms with E-state index < -0.39 is 5.82 Å². The normalized spacial score (nSPS) is 9.90. The van der Waals surface area contributed by atoms with Gasteiger partial charge in [-0.1, -0.05) is 6.07 Å². The zero-order chi connectivity index (χ0) is 14.5. The van der Waals surface area contributed by atoms with Crippen molar-refractivity contribution in [3.05, 3.63) is 57.8 Å². The van der Waals surface area contributed by atoms with Crippen molar-refractivity contribution in [3.8, 4) is 17.6 Å². The van der Waals surface area contributed by atoms with Crippen molar-refractivity contribution < 1.29 is 13.9 Å². The summed E-state index contributed by atoms with van der Waals surface area (Å²) in [6, 6.07) is 11.5. The summed E-state index contributed by atoms with van der Waals surface area (Å²) in [6.07, 6.45) is 0. The summed E-state index contributed by atoms with van der Waals surface area (Å²) in [4.78, 5) is 0. The number of nitriles is 1. The first-order valence-corrected chi connectivity index (χ1v) is 6.58. The van der Waals surface area contributed by atoms with Gasteiger partial charge in [-0.2, -0.15) is 5.26 Å². The van der Waals surface area contributed by atoms with Gasteiger partial charge in [0, 0.05) is 6.07 Å². The molecule has 0 radical (unpaired) electrons. The standard InChI is InChI=1S/C15H11BrFNO2/c1-19-15-5-2-10(6-13(15)16)9-20-12-4-3-11(8-18)14(17)7-12/h2-7H,9H2,1H3. The lowest BCUT2D eigenvalue weighted by molar-refractivity contribution is 0.304. The molecule has 2 aromatic carbocycles. The Kier molecular flexibility index (Phi) is 4.59. The molecule has 0 amide bonds. The minimum Gasteiger partial charge on any atom is -0.496 e. The minimum atomic E-state index is -0.582. The van der Waals surface area contributed by atoms with Crippen LogP contribution in [0.3, 0.4) is 0 Å². The van der Waals surface area contributed by atoms with Crippen LogP contribution in [-0.4, -0.2) is 7.11 Å². The smallest absolute Gasteiger partial charge is 0.144 e. The Bertz CT molecular complexity index is 667. The van der Waals surface area contributed by atoms with E-state index in [1.165, 1.54) is 12.1 Å². The lowest BCUT2D eigenvalue weighted by atomic mass is 10.2. The first-order valence-electron chi connectivity index (χ1n) is 5.79. The van der Waals surface area contributed by atoms with E-state index >= 15 is 0 Å². The SMILES string of the molecule is COc1ccc(COc2ccc(C#N)c(F)c2)cc1Br. The van der Waals surface area contributed by atoms with Crippen molar-refractivity contribution in [3.63, 3.8) is 0 Å². The van der Waals surface area contributed by atoms with Crippen LogP contribution in [0.1, 0.15) is 11.1 Å². The molecule has 0 saturated carbocycles. The Morgan fingerprint density at radius 2 is 2.05 bits per heavy atom. The minimum absolute atomic E-state index is 0.00421. The molecule has 0 heterocycles. The predicted molar refractivity (Wildman–Crippen MR) is 76.1 cm³/mol. The number of hydrogen-bond acceptors (Lipinski definition) is 3. The summed E-state index contributed by atoms with van der Waals surface area (Å²) in [7, 11) is 1.59. The molecule has 0 saturated heterocycles. The molecule has 0 atom stereocenters. The van der Waals surface area contributed by atoms with Gasteiger partial charge in [0.1, 0.15) is 30.0 Å². The van der Waals surface area contributed by atoms with Crippen LogP contribution < -0.4 is 9.47 Å². The Hall–Kier alpha value is -2.06. The van der Waals surface area contributed by atoms with E-state index in [1.54, 1.807) is 19.2 Å². The summed E-state index contributed by atoms with van der Waals surface area (Å²) >= 11 is 3.39. The fourth-order valence-corrected chi connectivity index (χ4v) is 2.23. The van der Waals surface area contributed by atoms with Gasteiger partial charge in [-0.25, -0.2) is 4.39 Å². The van der Waals surface area contributed by atoms with Crippen molar-refractivity contribution in [2.45, 2.75) is 6.61 Å². The van der Waals surface area contributed by atoms with Crippen LogP contribution in [-0.2, 0) is 6.61 Å². The zero-order valence-electron chi connectivity index (χ0n) is 10.7. The predicted octanol–water partition coefficient (Wildman–Crippen LogP) is 4.05. The van der Waals surface area contributed by atoms with Gasteiger partial charge < -0.3 is 9.47 Å². The Labute approximate surface area is 124 Å². The van der Waals surface area contributed by atoms with Crippen LogP contribution >= 0.6 is 15.9 Å². The molecule has 0 N–H and O–H groups in total. The van der Waals surface area contributed by atoms with E-state index in [0.717, 1.165) is 15.8 Å². The molecule has 0 unspecified atom stereocenters. The topological polar surface area (TPSA) is 42.2 Å². The number of hydrogen-bond donors (Lipinski definition) is 0. The number of methoxy groups -OCH3 is 1. The lowest BCUT2D eigenvalue weighted by Gasteiger charge is -2.09. The molecule has 0 aliphatic rings. The Morgan fingerprint density at radius 3 is 2.65 bits per heavy atom. The second-order valence-corrected chi connectivity index (χ2v) is 4.87. The number of rotatable bonds is 4. The van der Waals surface area contributed by atoms with Gasteiger partial charge in [0.2, 0.25) is 0 Å². The number of halogens is 2. The average molecular weight is 336 g/mol. The largest absolute Gasteiger partial charge is 0.496 e. The third-order valence-corrected chi connectivity index (χ3v) is 3.30. The summed E-state index contributed by atoms with van der Waals surface area (Å²) in [5, 5.41) is 8.65. The maximum atomic E-state index is 13.4. The third kappa shape index (κ3) is 3.28. The van der Waals surface area contributed by atoms with E-state index in [4.69, 9.17) is 14.7 Å². The summed E-state index contributed by atoms with van der Waals surface area (Å²) in [6.45, 7) is 0.300. The number of nitrogens with zero attached hydrogens (tertiary/aromatic N) is 1. The van der Waals surface area contributed by atoms with E-state index in [9.17, 15) is 4.39 Å². The Morgan fingerprint density at radius 1 is 1.25 bits per heavy atom. The molecule has 0 aliphatic carbocycles. The molecule has 0 bridgehead atoms. The van der Waals surface area contributed by atoms with Gasteiger partial charge in [0.25, 0.3) is 0 Å². The Balaban J connectivity index is 2.07. The van der Waals surface area contributed by atoms with Crippen molar-refractivity contribution >= 4 is 15.9 Å². The second-order valence-electron chi connectivity index (χ2n) is 4.01. The summed E-state index contributed by atoms with van der Waals surface area (Å²) in [5.41, 5.74) is 0.923. The van der Waals surface area contributed by atoms with Crippen molar-refractivity contribution in [1.29, 1.82) is 5.26 Å². The fraction of sp³-hybridized carbons (Fsp3) is 0.133. The quantitative estimate of drug-likeness (QED) is 0.846. The number of ether oxygens (including phenoxy) is 2. The van der Waals surface area contributed by atoms with E-state index in [2.05, 4.69) is 15.9 Å². The number of benzene rings is 2. The fourth-order valence-electron chi connectivity index (χ4n) is 1.64. The van der Waals surface area contributed by atoms with E-state index in [-0.39, 0.29) is 5.56 Å². The van der Waals surface area contributed by atoms with Crippen molar-refractivity contribution in [2.24, 2.45) is 0 Å². The van der Waals surface area contributed by atoms with Crippen molar-refractivity contribution in [2.75, 3.05) is 7.11 Å². The maximum absolute atomic E-state index is 13.4. The monoisotopic (exact) mass is 335 g/mol. The van der Waals surface area contributed by atoms with Gasteiger partial charge in [-0.15, -0.1) is 0 Å². The van der Waals surface area contributed by atoms with Crippen molar-refractivity contribution in [1.82, 2.24) is 0 Å². The van der Waals surface area contributed by atoms with Crippen LogP contribution in [0.15, 0.2) is 40.9 Å². The molecule has 102 valence electrons. The molecule has 20 heavy (non-hydrogen) atoms. The van der Waals surface area contributed by atoms with Gasteiger partial charge in [-0.05, 0) is 45.8 Å². The van der Waals surface area contributed by atoms with Crippen LogP contribution in [0.2, 0.25) is 0 Å². The first kappa shape index (κ1) is 14.4. The maximum Gasteiger partial charge on any atom is 0.144 e. The van der Waals surface area contributed by atoms with Crippen LogP contribution in [0, 0.1) is 17.1 Å². The van der Waals surface area contributed by atoms with E-state index in [1.807, 2.05) is 18.2 Å². The highest BCUT2D eigenvalue weighted by molar-refractivity contribution is 9.10. The molecule has 0 aliphatic heterocycles. The highest BCUT2D eigenvalue weighted by Crippen LogP contribution is 2.26. The average Bonchev–Trinajstić information content (AvgIpc) is 2.45. The van der Waals surface area contributed by atoms with E-state index in [0.29, 0.717) is 12.4 Å². The van der Waals surface area contributed by atoms with Crippen LogP contribution in [0.25, 0.3) is 0 Å². The summed E-state index contributed by atoms with van der Waals surface area (Å²) in [5.74, 6) is 0.535. The molecule has 2 rings (SSSR count). The molecule has 5 heteroatoms. The molecule has 0 spiro atoms.